The Morgan fingerprint density at radius 1 is 1.20 bits per heavy atom. The summed E-state index contributed by atoms with van der Waals surface area (Å²) in [4.78, 5) is 21.3. The Labute approximate surface area is 203 Å². The number of aryl methyl sites for hydroxylation is 1. The van der Waals surface area contributed by atoms with Crippen LogP contribution in [0.4, 0.5) is 10.2 Å². The van der Waals surface area contributed by atoms with Crippen LogP contribution in [-0.2, 0) is 4.79 Å². The molecule has 178 valence electrons. The van der Waals surface area contributed by atoms with Gasteiger partial charge >= 0.3 is 0 Å². The zero-order valence-corrected chi connectivity index (χ0v) is 20.2. The minimum atomic E-state index is -0.299. The van der Waals surface area contributed by atoms with E-state index < -0.39 is 0 Å². The summed E-state index contributed by atoms with van der Waals surface area (Å²) in [6, 6.07) is 9.20. The first-order chi connectivity index (χ1) is 16.8. The van der Waals surface area contributed by atoms with Gasteiger partial charge in [0.05, 0.1) is 17.2 Å². The fourth-order valence-electron chi connectivity index (χ4n) is 6.17. The van der Waals surface area contributed by atoms with E-state index in [9.17, 15) is 9.18 Å². The molecule has 1 N–H and O–H groups in total. The topological polar surface area (TPSA) is 65.1 Å². The molecular formula is C28H28FN5O. The smallest absolute Gasteiger partial charge is 0.245 e. The summed E-state index contributed by atoms with van der Waals surface area (Å²) >= 11 is 0. The van der Waals surface area contributed by atoms with E-state index in [0.29, 0.717) is 5.52 Å². The van der Waals surface area contributed by atoms with Gasteiger partial charge in [-0.05, 0) is 68.2 Å². The van der Waals surface area contributed by atoms with Crippen molar-refractivity contribution >= 4 is 33.5 Å². The summed E-state index contributed by atoms with van der Waals surface area (Å²) in [5, 5.41) is 9.33. The van der Waals surface area contributed by atoms with Crippen LogP contribution in [-0.4, -0.2) is 51.7 Å². The van der Waals surface area contributed by atoms with Gasteiger partial charge in [-0.25, -0.2) is 9.37 Å². The lowest BCUT2D eigenvalue weighted by Crippen LogP contribution is -2.62. The lowest BCUT2D eigenvalue weighted by atomic mass is 9.74. The SMILES string of the molecule is C=CC(=O)N1CC2(CCN(c3nc4cc(F)ccc4c(-c4c(C)ccc5[nH]ncc45)c3C)[C@@H]2C)C1. The van der Waals surface area contributed by atoms with Gasteiger partial charge in [-0.15, -0.1) is 0 Å². The Morgan fingerprint density at radius 2 is 2.00 bits per heavy atom. The average Bonchev–Trinajstić information content (AvgIpc) is 3.42. The summed E-state index contributed by atoms with van der Waals surface area (Å²) in [6.45, 7) is 12.4. The molecule has 4 heterocycles. The number of rotatable bonds is 3. The molecule has 2 aromatic carbocycles. The van der Waals surface area contributed by atoms with Crippen molar-refractivity contribution in [3.05, 3.63) is 66.1 Å². The Bertz CT molecular complexity index is 1520. The molecule has 6 rings (SSSR count). The zero-order valence-electron chi connectivity index (χ0n) is 20.2. The highest BCUT2D eigenvalue weighted by Gasteiger charge is 2.54. The molecule has 1 spiro atoms. The molecule has 2 saturated heterocycles. The van der Waals surface area contributed by atoms with Crippen molar-refractivity contribution in [2.24, 2.45) is 5.41 Å². The number of carbonyl (C=O) groups excluding carboxylic acids is 1. The third-order valence-electron chi connectivity index (χ3n) is 8.22. The van der Waals surface area contributed by atoms with E-state index in [0.717, 1.165) is 70.4 Å². The largest absolute Gasteiger partial charge is 0.353 e. The predicted molar refractivity (Wildman–Crippen MR) is 137 cm³/mol. The fraction of sp³-hybridized carbons (Fsp3) is 0.321. The third-order valence-corrected chi connectivity index (χ3v) is 8.22. The van der Waals surface area contributed by atoms with Gasteiger partial charge < -0.3 is 9.80 Å². The molecule has 0 radical (unpaired) electrons. The number of benzene rings is 2. The van der Waals surface area contributed by atoms with Crippen LogP contribution in [0.3, 0.4) is 0 Å². The van der Waals surface area contributed by atoms with E-state index in [1.165, 1.54) is 18.2 Å². The molecule has 1 amide bonds. The minimum Gasteiger partial charge on any atom is -0.353 e. The van der Waals surface area contributed by atoms with E-state index in [-0.39, 0.29) is 23.2 Å². The van der Waals surface area contributed by atoms with Crippen LogP contribution in [0.5, 0.6) is 0 Å². The van der Waals surface area contributed by atoms with E-state index in [1.807, 2.05) is 23.2 Å². The molecule has 0 saturated carbocycles. The van der Waals surface area contributed by atoms with Crippen LogP contribution in [0, 0.1) is 25.1 Å². The second-order valence-electron chi connectivity index (χ2n) is 10.1. The van der Waals surface area contributed by atoms with E-state index in [1.54, 1.807) is 0 Å². The maximum atomic E-state index is 14.4. The second-order valence-corrected chi connectivity index (χ2v) is 10.1. The molecule has 35 heavy (non-hydrogen) atoms. The number of carbonyl (C=O) groups is 1. The lowest BCUT2D eigenvalue weighted by molar-refractivity contribution is -0.138. The second kappa shape index (κ2) is 7.63. The summed E-state index contributed by atoms with van der Waals surface area (Å²) in [7, 11) is 0. The van der Waals surface area contributed by atoms with Crippen LogP contribution < -0.4 is 4.90 Å². The van der Waals surface area contributed by atoms with Crippen LogP contribution in [0.15, 0.2) is 49.2 Å². The highest BCUT2D eigenvalue weighted by atomic mass is 19.1. The third kappa shape index (κ3) is 3.10. The molecule has 2 aliphatic rings. The summed E-state index contributed by atoms with van der Waals surface area (Å²) in [5.41, 5.74) is 6.03. The van der Waals surface area contributed by atoms with Gasteiger partial charge in [-0.2, -0.15) is 5.10 Å². The van der Waals surface area contributed by atoms with Gasteiger partial charge in [0.25, 0.3) is 0 Å². The highest BCUT2D eigenvalue weighted by molar-refractivity contribution is 6.07. The van der Waals surface area contributed by atoms with Crippen molar-refractivity contribution in [2.75, 3.05) is 24.5 Å². The Hall–Kier alpha value is -3.74. The van der Waals surface area contributed by atoms with E-state index in [2.05, 4.69) is 48.5 Å². The van der Waals surface area contributed by atoms with E-state index in [4.69, 9.17) is 4.98 Å². The number of hydrogen-bond donors (Lipinski definition) is 1. The Morgan fingerprint density at radius 3 is 2.77 bits per heavy atom. The molecular weight excluding hydrogens is 441 g/mol. The number of aromatic amines is 1. The molecule has 0 bridgehead atoms. The number of pyridine rings is 1. The van der Waals surface area contributed by atoms with Crippen molar-refractivity contribution < 1.29 is 9.18 Å². The van der Waals surface area contributed by atoms with Gasteiger partial charge in [0.15, 0.2) is 0 Å². The summed E-state index contributed by atoms with van der Waals surface area (Å²) in [5.74, 6) is 0.575. The number of halogens is 1. The standard InChI is InChI=1S/C28H28FN5O/c1-5-24(35)33-14-28(15-33)10-11-34(18(28)4)27-17(3)26(20-8-7-19(29)12-23(20)31-27)25-16(2)6-9-22-21(25)13-30-32-22/h5-9,12-13,18H,1,10-11,14-15H2,2-4H3,(H,30,32)/t18-/m1/s1. The molecule has 6 nitrogen and oxygen atoms in total. The zero-order chi connectivity index (χ0) is 24.5. The first kappa shape index (κ1) is 21.8. The number of anilines is 1. The monoisotopic (exact) mass is 469 g/mol. The number of likely N-dealkylation sites (tertiary alicyclic amines) is 1. The average molecular weight is 470 g/mol. The van der Waals surface area contributed by atoms with Gasteiger partial charge in [0.1, 0.15) is 11.6 Å². The maximum Gasteiger partial charge on any atom is 0.245 e. The number of aromatic nitrogens is 3. The number of amides is 1. The summed E-state index contributed by atoms with van der Waals surface area (Å²) < 4.78 is 14.4. The number of nitrogens with zero attached hydrogens (tertiary/aromatic N) is 4. The van der Waals surface area contributed by atoms with Crippen molar-refractivity contribution in [2.45, 2.75) is 33.2 Å². The normalized spacial score (nSPS) is 19.0. The molecule has 0 aliphatic carbocycles. The van der Waals surface area contributed by atoms with Gasteiger partial charge in [0, 0.05) is 53.5 Å². The first-order valence-electron chi connectivity index (χ1n) is 12.0. The Kier molecular flexibility index (Phi) is 4.75. The Balaban J connectivity index is 1.52. The highest BCUT2D eigenvalue weighted by Crippen LogP contribution is 2.48. The molecule has 1 atom stereocenters. The minimum absolute atomic E-state index is 0.0114. The number of nitrogens with one attached hydrogen (secondary N) is 1. The summed E-state index contributed by atoms with van der Waals surface area (Å²) in [6.07, 6.45) is 4.24. The van der Waals surface area contributed by atoms with Crippen molar-refractivity contribution in [1.29, 1.82) is 0 Å². The molecule has 0 unspecified atom stereocenters. The van der Waals surface area contributed by atoms with Gasteiger partial charge in [0.2, 0.25) is 5.91 Å². The van der Waals surface area contributed by atoms with Crippen LogP contribution in [0.1, 0.15) is 24.5 Å². The first-order valence-corrected chi connectivity index (χ1v) is 12.0. The van der Waals surface area contributed by atoms with Gasteiger partial charge in [-0.3, -0.25) is 9.89 Å². The lowest BCUT2D eigenvalue weighted by Gasteiger charge is -2.51. The number of fused-ring (bicyclic) bond motifs is 2. The van der Waals surface area contributed by atoms with Gasteiger partial charge in [-0.1, -0.05) is 12.6 Å². The molecule has 4 aromatic rings. The predicted octanol–water partition coefficient (Wildman–Crippen LogP) is 5.15. The van der Waals surface area contributed by atoms with Crippen LogP contribution in [0.2, 0.25) is 0 Å². The van der Waals surface area contributed by atoms with Crippen LogP contribution >= 0.6 is 0 Å². The molecule has 2 aromatic heterocycles. The molecule has 7 heteroatoms. The maximum absolute atomic E-state index is 14.4. The number of H-pyrrole nitrogens is 1. The number of hydrogen-bond acceptors (Lipinski definition) is 4. The molecule has 2 aliphatic heterocycles. The van der Waals surface area contributed by atoms with Crippen molar-refractivity contribution in [3.63, 3.8) is 0 Å². The quantitative estimate of drug-likeness (QED) is 0.422. The van der Waals surface area contributed by atoms with E-state index >= 15 is 0 Å². The van der Waals surface area contributed by atoms with Crippen molar-refractivity contribution in [3.8, 4) is 11.1 Å². The molecule has 2 fully saturated rings. The van der Waals surface area contributed by atoms with Crippen molar-refractivity contribution in [1.82, 2.24) is 20.1 Å². The van der Waals surface area contributed by atoms with Crippen LogP contribution in [0.25, 0.3) is 32.9 Å². The fourth-order valence-corrected chi connectivity index (χ4v) is 6.17.